The number of rotatable bonds is 4. The van der Waals surface area contributed by atoms with Crippen molar-refractivity contribution in [3.8, 4) is 0 Å². The Balaban J connectivity index is 3.26. The van der Waals surface area contributed by atoms with Gasteiger partial charge in [0.05, 0.1) is 17.0 Å². The monoisotopic (exact) mass is 255 g/mol. The maximum absolute atomic E-state index is 11.2. The van der Waals surface area contributed by atoms with Crippen LogP contribution in [0, 0.1) is 0 Å². The lowest BCUT2D eigenvalue weighted by molar-refractivity contribution is 0.0697. The van der Waals surface area contributed by atoms with E-state index < -0.39 is 16.8 Å². The lowest BCUT2D eigenvalue weighted by atomic mass is 10.1. The molecule has 6 nitrogen and oxygen atoms in total. The van der Waals surface area contributed by atoms with Gasteiger partial charge in [0.2, 0.25) is 0 Å². The molecule has 5 N–H and O–H groups in total. The fourth-order valence-corrected chi connectivity index (χ4v) is 1.96. The zero-order valence-electron chi connectivity index (χ0n) is 9.21. The molecule has 1 unspecified atom stereocenters. The summed E-state index contributed by atoms with van der Waals surface area (Å²) in [4.78, 5) is 14.6. The van der Waals surface area contributed by atoms with E-state index >= 15 is 0 Å². The SMILES string of the molecule is CS(=O)Cc1ccc(C(=O)O)cc1N=C(N)N. The molecule has 1 aromatic rings. The molecule has 0 fully saturated rings. The van der Waals surface area contributed by atoms with Crippen LogP contribution in [0.15, 0.2) is 23.2 Å². The van der Waals surface area contributed by atoms with Crippen molar-refractivity contribution in [2.75, 3.05) is 6.26 Å². The summed E-state index contributed by atoms with van der Waals surface area (Å²) in [6, 6.07) is 4.34. The fraction of sp³-hybridized carbons (Fsp3) is 0.200. The highest BCUT2D eigenvalue weighted by Gasteiger charge is 2.09. The van der Waals surface area contributed by atoms with Gasteiger partial charge in [-0.05, 0) is 17.7 Å². The molecular weight excluding hydrogens is 242 g/mol. The zero-order valence-corrected chi connectivity index (χ0v) is 10.0. The highest BCUT2D eigenvalue weighted by Crippen LogP contribution is 2.22. The van der Waals surface area contributed by atoms with Gasteiger partial charge < -0.3 is 16.6 Å². The van der Waals surface area contributed by atoms with Gasteiger partial charge in [-0.25, -0.2) is 9.79 Å². The number of carbonyl (C=O) groups is 1. The first kappa shape index (κ1) is 13.2. The van der Waals surface area contributed by atoms with Crippen molar-refractivity contribution in [2.24, 2.45) is 16.5 Å². The van der Waals surface area contributed by atoms with E-state index in [2.05, 4.69) is 4.99 Å². The number of aliphatic imine (C=N–C) groups is 1. The molecule has 1 aromatic carbocycles. The molecule has 7 heteroatoms. The molecule has 0 saturated heterocycles. The van der Waals surface area contributed by atoms with Crippen molar-refractivity contribution >= 4 is 28.4 Å². The second-order valence-corrected chi connectivity index (χ2v) is 4.84. The first-order valence-electron chi connectivity index (χ1n) is 4.66. The third-order valence-corrected chi connectivity index (χ3v) is 2.66. The van der Waals surface area contributed by atoms with Crippen LogP contribution in [0.4, 0.5) is 5.69 Å². The normalized spacial score (nSPS) is 11.8. The van der Waals surface area contributed by atoms with Crippen molar-refractivity contribution < 1.29 is 14.1 Å². The second kappa shape index (κ2) is 5.44. The molecule has 0 aromatic heterocycles. The smallest absolute Gasteiger partial charge is 0.335 e. The predicted molar refractivity (Wildman–Crippen MR) is 66.6 cm³/mol. The van der Waals surface area contributed by atoms with Crippen LogP contribution >= 0.6 is 0 Å². The van der Waals surface area contributed by atoms with Crippen molar-refractivity contribution in [1.82, 2.24) is 0 Å². The molecular formula is C10H13N3O3S. The number of nitrogens with two attached hydrogens (primary N) is 2. The average Bonchev–Trinajstić information content (AvgIpc) is 2.18. The van der Waals surface area contributed by atoms with Crippen molar-refractivity contribution in [2.45, 2.75) is 5.75 Å². The van der Waals surface area contributed by atoms with Gasteiger partial charge in [-0.1, -0.05) is 6.07 Å². The largest absolute Gasteiger partial charge is 0.478 e. The fourth-order valence-electron chi connectivity index (χ4n) is 1.28. The third-order valence-electron chi connectivity index (χ3n) is 1.94. The van der Waals surface area contributed by atoms with Gasteiger partial charge in [-0.3, -0.25) is 4.21 Å². The lowest BCUT2D eigenvalue weighted by Crippen LogP contribution is -2.22. The van der Waals surface area contributed by atoms with Gasteiger partial charge in [-0.2, -0.15) is 0 Å². The Morgan fingerprint density at radius 2 is 2.12 bits per heavy atom. The standard InChI is InChI=1S/C10H13N3O3S/c1-17(16)5-7-3-2-6(9(14)15)4-8(7)13-10(11)12/h2-4H,5H2,1H3,(H,14,15)(H4,11,12,13). The van der Waals surface area contributed by atoms with E-state index in [-0.39, 0.29) is 17.3 Å². The number of hydrogen-bond acceptors (Lipinski definition) is 3. The summed E-state index contributed by atoms with van der Waals surface area (Å²) >= 11 is 0. The summed E-state index contributed by atoms with van der Waals surface area (Å²) in [5, 5.41) is 8.85. The molecule has 0 amide bonds. The summed E-state index contributed by atoms with van der Waals surface area (Å²) in [5.74, 6) is -0.969. The van der Waals surface area contributed by atoms with Gasteiger partial charge >= 0.3 is 5.97 Å². The molecule has 92 valence electrons. The highest BCUT2D eigenvalue weighted by molar-refractivity contribution is 7.83. The van der Waals surface area contributed by atoms with E-state index in [0.29, 0.717) is 11.3 Å². The molecule has 0 heterocycles. The van der Waals surface area contributed by atoms with Gasteiger partial charge in [0.1, 0.15) is 0 Å². The molecule has 1 rings (SSSR count). The number of carboxylic acids is 1. The van der Waals surface area contributed by atoms with E-state index in [1.807, 2.05) is 0 Å². The van der Waals surface area contributed by atoms with Crippen LogP contribution in [-0.2, 0) is 16.6 Å². The second-order valence-electron chi connectivity index (χ2n) is 3.40. The summed E-state index contributed by atoms with van der Waals surface area (Å²) in [7, 11) is -1.06. The van der Waals surface area contributed by atoms with Gasteiger partial charge in [0.15, 0.2) is 5.96 Å². The molecule has 1 atom stereocenters. The molecule has 0 aliphatic carbocycles. The first-order chi connectivity index (χ1) is 7.90. The van der Waals surface area contributed by atoms with Crippen LogP contribution in [0.25, 0.3) is 0 Å². The zero-order chi connectivity index (χ0) is 13.0. The number of aromatic carboxylic acids is 1. The third kappa shape index (κ3) is 3.87. The number of nitrogens with zero attached hydrogens (tertiary/aromatic N) is 1. The number of hydrogen-bond donors (Lipinski definition) is 3. The summed E-state index contributed by atoms with van der Waals surface area (Å²) in [6.45, 7) is 0. The van der Waals surface area contributed by atoms with Gasteiger partial charge in [0.25, 0.3) is 0 Å². The minimum Gasteiger partial charge on any atom is -0.478 e. The van der Waals surface area contributed by atoms with E-state index in [0.717, 1.165) is 0 Å². The van der Waals surface area contributed by atoms with E-state index in [1.54, 1.807) is 12.3 Å². The topological polar surface area (TPSA) is 119 Å². The van der Waals surface area contributed by atoms with Crippen LogP contribution in [0.3, 0.4) is 0 Å². The Labute approximate surface area is 101 Å². The Bertz CT molecular complexity index is 496. The summed E-state index contributed by atoms with van der Waals surface area (Å²) in [5.41, 5.74) is 11.6. The molecule has 0 bridgehead atoms. The van der Waals surface area contributed by atoms with Crippen LogP contribution in [0.2, 0.25) is 0 Å². The quantitative estimate of drug-likeness (QED) is 0.523. The summed E-state index contributed by atoms with van der Waals surface area (Å²) < 4.78 is 11.2. The van der Waals surface area contributed by atoms with Crippen LogP contribution < -0.4 is 11.5 Å². The minimum absolute atomic E-state index is 0.0793. The maximum Gasteiger partial charge on any atom is 0.335 e. The Kier molecular flexibility index (Phi) is 4.22. The van der Waals surface area contributed by atoms with Crippen molar-refractivity contribution in [3.05, 3.63) is 29.3 Å². The summed E-state index contributed by atoms with van der Waals surface area (Å²) in [6.07, 6.45) is 1.55. The van der Waals surface area contributed by atoms with E-state index in [9.17, 15) is 9.00 Å². The van der Waals surface area contributed by atoms with Crippen LogP contribution in [-0.4, -0.2) is 27.5 Å². The maximum atomic E-state index is 11.2. The lowest BCUT2D eigenvalue weighted by Gasteiger charge is -2.05. The predicted octanol–water partition coefficient (Wildman–Crippen LogP) is 0.168. The van der Waals surface area contributed by atoms with Gasteiger partial charge in [0, 0.05) is 17.1 Å². The van der Waals surface area contributed by atoms with E-state index in [1.165, 1.54) is 12.1 Å². The number of carboxylic acid groups (broad SMARTS) is 1. The highest BCUT2D eigenvalue weighted by atomic mass is 32.2. The molecule has 0 aliphatic rings. The van der Waals surface area contributed by atoms with Crippen LogP contribution in [0.5, 0.6) is 0 Å². The first-order valence-corrected chi connectivity index (χ1v) is 6.38. The molecule has 0 spiro atoms. The average molecular weight is 255 g/mol. The molecule has 0 saturated carbocycles. The Morgan fingerprint density at radius 1 is 1.47 bits per heavy atom. The van der Waals surface area contributed by atoms with Gasteiger partial charge in [-0.15, -0.1) is 0 Å². The Morgan fingerprint density at radius 3 is 2.59 bits per heavy atom. The Hall–Kier alpha value is -1.89. The molecule has 0 aliphatic heterocycles. The molecule has 17 heavy (non-hydrogen) atoms. The van der Waals surface area contributed by atoms with Crippen molar-refractivity contribution in [1.29, 1.82) is 0 Å². The van der Waals surface area contributed by atoms with Crippen molar-refractivity contribution in [3.63, 3.8) is 0 Å². The van der Waals surface area contributed by atoms with Crippen LogP contribution in [0.1, 0.15) is 15.9 Å². The molecule has 0 radical (unpaired) electrons. The van der Waals surface area contributed by atoms with E-state index in [4.69, 9.17) is 16.6 Å². The minimum atomic E-state index is -1.07. The number of benzene rings is 1. The number of guanidine groups is 1.